The Kier molecular flexibility index (Phi) is 6.13. The summed E-state index contributed by atoms with van der Waals surface area (Å²) < 4.78 is 38.7. The van der Waals surface area contributed by atoms with Crippen LogP contribution in [-0.4, -0.2) is 46.7 Å². The Bertz CT molecular complexity index is 1060. The monoisotopic (exact) mass is 431 g/mol. The van der Waals surface area contributed by atoms with Gasteiger partial charge in [-0.25, -0.2) is 18.0 Å². The second-order valence-electron chi connectivity index (χ2n) is 7.77. The van der Waals surface area contributed by atoms with Crippen LogP contribution in [0, 0.1) is 6.92 Å². The molecule has 1 unspecified atom stereocenters. The third-order valence-corrected chi connectivity index (χ3v) is 5.69. The smallest absolute Gasteiger partial charge is 0.323 e. The number of amides is 2. The number of rotatable bonds is 5. The van der Waals surface area contributed by atoms with Crippen LogP contribution >= 0.6 is 0 Å². The van der Waals surface area contributed by atoms with E-state index in [-0.39, 0.29) is 25.0 Å². The summed E-state index contributed by atoms with van der Waals surface area (Å²) >= 11 is 0. The van der Waals surface area contributed by atoms with Gasteiger partial charge in [-0.3, -0.25) is 9.88 Å². The molecule has 1 aliphatic rings. The summed E-state index contributed by atoms with van der Waals surface area (Å²) in [6, 6.07) is 9.11. The fraction of sp³-hybridized carbons (Fsp3) is 0.364. The van der Waals surface area contributed by atoms with E-state index in [1.54, 1.807) is 12.4 Å². The first-order valence-corrected chi connectivity index (χ1v) is 10.2. The lowest BCUT2D eigenvalue weighted by Crippen LogP contribution is -2.42. The Morgan fingerprint density at radius 2 is 1.94 bits per heavy atom. The number of nitrogens with one attached hydrogen (secondary N) is 3. The van der Waals surface area contributed by atoms with Crippen LogP contribution in [0.5, 0.6) is 0 Å². The fourth-order valence-corrected chi connectivity index (χ4v) is 4.12. The first kappa shape index (κ1) is 21.2. The molecule has 1 saturated heterocycles. The maximum absolute atomic E-state index is 13.5. The van der Waals surface area contributed by atoms with Crippen LogP contribution in [0.4, 0.5) is 29.3 Å². The number of benzene rings is 1. The van der Waals surface area contributed by atoms with Gasteiger partial charge in [0.05, 0.1) is 17.6 Å². The zero-order valence-electron chi connectivity index (χ0n) is 17.0. The Morgan fingerprint density at radius 3 is 2.65 bits per heavy atom. The molecule has 1 aromatic carbocycles. The lowest BCUT2D eigenvalue weighted by Gasteiger charge is -2.33. The van der Waals surface area contributed by atoms with Gasteiger partial charge in [0, 0.05) is 41.8 Å². The molecule has 4 rings (SSSR count). The second-order valence-corrected chi connectivity index (χ2v) is 7.77. The minimum Gasteiger partial charge on any atom is -0.359 e. The predicted molar refractivity (Wildman–Crippen MR) is 114 cm³/mol. The van der Waals surface area contributed by atoms with Gasteiger partial charge in [0.15, 0.2) is 0 Å². The van der Waals surface area contributed by atoms with Gasteiger partial charge in [-0.05, 0) is 37.5 Å². The second kappa shape index (κ2) is 8.97. The Balaban J connectivity index is 1.37. The minimum absolute atomic E-state index is 0.0789. The number of para-hydroxylation sites is 1. The van der Waals surface area contributed by atoms with Crippen molar-refractivity contribution in [2.75, 3.05) is 23.7 Å². The predicted octanol–water partition coefficient (Wildman–Crippen LogP) is 5.26. The van der Waals surface area contributed by atoms with Crippen LogP contribution in [0.15, 0.2) is 42.7 Å². The SMILES string of the molecule is Cc1cc(NC(=O)Nc2c[nH]c3ccccc23)cnc1C1CCN(C(F)C(F)F)CC1. The van der Waals surface area contributed by atoms with Crippen LogP contribution in [0.2, 0.25) is 0 Å². The highest BCUT2D eigenvalue weighted by molar-refractivity contribution is 6.05. The number of anilines is 2. The molecule has 3 heterocycles. The van der Waals surface area contributed by atoms with Crippen molar-refractivity contribution in [3.63, 3.8) is 0 Å². The minimum atomic E-state index is -2.99. The van der Waals surface area contributed by atoms with Crippen LogP contribution in [-0.2, 0) is 0 Å². The Labute approximate surface area is 177 Å². The molecule has 164 valence electrons. The first-order chi connectivity index (χ1) is 14.9. The number of alkyl halides is 3. The topological polar surface area (TPSA) is 73.0 Å². The average molecular weight is 431 g/mol. The van der Waals surface area contributed by atoms with Gasteiger partial charge in [-0.1, -0.05) is 18.2 Å². The van der Waals surface area contributed by atoms with Crippen molar-refractivity contribution < 1.29 is 18.0 Å². The molecule has 3 N–H and O–H groups in total. The molecular formula is C22H24F3N5O. The highest BCUT2D eigenvalue weighted by Crippen LogP contribution is 2.31. The lowest BCUT2D eigenvalue weighted by atomic mass is 9.90. The molecule has 2 aromatic heterocycles. The molecule has 2 amide bonds. The van der Waals surface area contributed by atoms with E-state index >= 15 is 0 Å². The van der Waals surface area contributed by atoms with E-state index < -0.39 is 12.7 Å². The zero-order chi connectivity index (χ0) is 22.0. The van der Waals surface area contributed by atoms with Crippen LogP contribution in [0.3, 0.4) is 0 Å². The van der Waals surface area contributed by atoms with Crippen molar-refractivity contribution in [2.24, 2.45) is 0 Å². The molecule has 31 heavy (non-hydrogen) atoms. The summed E-state index contributed by atoms with van der Waals surface area (Å²) in [5.41, 5.74) is 3.91. The van der Waals surface area contributed by atoms with Crippen molar-refractivity contribution in [2.45, 2.75) is 38.4 Å². The zero-order valence-corrected chi connectivity index (χ0v) is 17.0. The molecule has 0 saturated carbocycles. The molecule has 1 aliphatic heterocycles. The van der Waals surface area contributed by atoms with Crippen molar-refractivity contribution >= 4 is 28.3 Å². The summed E-state index contributed by atoms with van der Waals surface area (Å²) in [5.74, 6) is 0.0789. The van der Waals surface area contributed by atoms with E-state index in [0.717, 1.165) is 22.2 Å². The number of piperidine rings is 1. The van der Waals surface area contributed by atoms with Crippen molar-refractivity contribution in [1.29, 1.82) is 0 Å². The summed E-state index contributed by atoms with van der Waals surface area (Å²) in [6.45, 7) is 2.43. The van der Waals surface area contributed by atoms with Gasteiger partial charge >= 0.3 is 6.03 Å². The highest BCUT2D eigenvalue weighted by atomic mass is 19.3. The quantitative estimate of drug-likeness (QED) is 0.483. The van der Waals surface area contributed by atoms with Gasteiger partial charge in [0.1, 0.15) is 0 Å². The Hall–Kier alpha value is -3.07. The van der Waals surface area contributed by atoms with Crippen molar-refractivity contribution in [3.8, 4) is 0 Å². The summed E-state index contributed by atoms with van der Waals surface area (Å²) in [7, 11) is 0. The number of carbonyl (C=O) groups excluding carboxylic acids is 1. The number of aryl methyl sites for hydroxylation is 1. The fourth-order valence-electron chi connectivity index (χ4n) is 4.12. The van der Waals surface area contributed by atoms with E-state index in [4.69, 9.17) is 0 Å². The third-order valence-electron chi connectivity index (χ3n) is 5.69. The maximum atomic E-state index is 13.5. The van der Waals surface area contributed by atoms with Gasteiger partial charge < -0.3 is 15.6 Å². The number of urea groups is 1. The number of fused-ring (bicyclic) bond motifs is 1. The molecule has 6 nitrogen and oxygen atoms in total. The number of nitrogens with zero attached hydrogens (tertiary/aromatic N) is 2. The van der Waals surface area contributed by atoms with Crippen molar-refractivity contribution in [1.82, 2.24) is 14.9 Å². The number of H-pyrrole nitrogens is 1. The normalized spacial score (nSPS) is 16.5. The molecular weight excluding hydrogens is 407 g/mol. The average Bonchev–Trinajstić information content (AvgIpc) is 3.16. The number of aromatic amines is 1. The summed E-state index contributed by atoms with van der Waals surface area (Å²) in [6.07, 6.45) is -0.752. The molecule has 0 aliphatic carbocycles. The third kappa shape index (κ3) is 4.66. The van der Waals surface area contributed by atoms with Gasteiger partial charge in [-0.15, -0.1) is 0 Å². The van der Waals surface area contributed by atoms with E-state index in [0.29, 0.717) is 24.2 Å². The van der Waals surface area contributed by atoms with Gasteiger partial charge in [-0.2, -0.15) is 0 Å². The number of pyridine rings is 1. The summed E-state index contributed by atoms with van der Waals surface area (Å²) in [5, 5.41) is 6.52. The maximum Gasteiger partial charge on any atom is 0.323 e. The van der Waals surface area contributed by atoms with Crippen molar-refractivity contribution in [3.05, 3.63) is 54.0 Å². The number of hydrogen-bond acceptors (Lipinski definition) is 3. The summed E-state index contributed by atoms with van der Waals surface area (Å²) in [4.78, 5) is 21.2. The van der Waals surface area contributed by atoms with Gasteiger partial charge in [0.2, 0.25) is 6.30 Å². The highest BCUT2D eigenvalue weighted by Gasteiger charge is 2.31. The molecule has 1 atom stereocenters. The van der Waals surface area contributed by atoms with E-state index in [1.165, 1.54) is 4.90 Å². The first-order valence-electron chi connectivity index (χ1n) is 10.2. The van der Waals surface area contributed by atoms with Crippen LogP contribution in [0.25, 0.3) is 10.9 Å². The number of carbonyl (C=O) groups is 1. The number of aromatic nitrogens is 2. The standard InChI is InChI=1S/C22H24F3N5O/c1-13-10-15(28-22(31)29-18-12-26-17-5-3-2-4-16(17)18)11-27-19(13)14-6-8-30(9-7-14)21(25)20(23)24/h2-5,10-12,14,20-21,26H,6-9H2,1H3,(H2,28,29,31). The van der Waals surface area contributed by atoms with Crippen LogP contribution < -0.4 is 10.6 Å². The number of hydrogen-bond donors (Lipinski definition) is 3. The number of halogens is 3. The van der Waals surface area contributed by atoms with E-state index in [2.05, 4.69) is 20.6 Å². The van der Waals surface area contributed by atoms with E-state index in [9.17, 15) is 18.0 Å². The molecule has 9 heteroatoms. The molecule has 0 bridgehead atoms. The molecule has 0 radical (unpaired) electrons. The molecule has 1 fully saturated rings. The number of likely N-dealkylation sites (tertiary alicyclic amines) is 1. The molecule has 0 spiro atoms. The Morgan fingerprint density at radius 1 is 1.19 bits per heavy atom. The van der Waals surface area contributed by atoms with E-state index in [1.807, 2.05) is 37.3 Å². The lowest BCUT2D eigenvalue weighted by molar-refractivity contribution is -0.0576. The van der Waals surface area contributed by atoms with Crippen LogP contribution in [0.1, 0.15) is 30.0 Å². The van der Waals surface area contributed by atoms with Gasteiger partial charge in [0.25, 0.3) is 6.43 Å². The largest absolute Gasteiger partial charge is 0.359 e. The molecule has 3 aromatic rings.